The minimum atomic E-state index is -2.92. The van der Waals surface area contributed by atoms with E-state index in [-0.39, 0.29) is 35.8 Å². The van der Waals surface area contributed by atoms with E-state index in [1.807, 2.05) is 6.92 Å². The number of hydrogen-bond donors (Lipinski definition) is 2. The molecule has 0 heterocycles. The molecule has 0 saturated carbocycles. The molecule has 0 spiro atoms. The average molecular weight is 495 g/mol. The van der Waals surface area contributed by atoms with Crippen LogP contribution in [0.3, 0.4) is 0 Å². The van der Waals surface area contributed by atoms with Crippen molar-refractivity contribution in [1.29, 1.82) is 0 Å². The number of aryl methyl sites for hydroxylation is 1. The van der Waals surface area contributed by atoms with Crippen LogP contribution in [0.1, 0.15) is 50.7 Å². The van der Waals surface area contributed by atoms with Crippen LogP contribution in [0.2, 0.25) is 0 Å². The lowest BCUT2D eigenvalue weighted by molar-refractivity contribution is 0.580. The Morgan fingerprint density at radius 2 is 1.77 bits per heavy atom. The Balaban J connectivity index is 0.00000625. The third-order valence-electron chi connectivity index (χ3n) is 4.11. The summed E-state index contributed by atoms with van der Waals surface area (Å²) in [4.78, 5) is 4.19. The van der Waals surface area contributed by atoms with E-state index in [1.54, 1.807) is 7.05 Å². The van der Waals surface area contributed by atoms with Gasteiger partial charge in [-0.25, -0.2) is 8.42 Å². The van der Waals surface area contributed by atoms with Crippen molar-refractivity contribution in [2.75, 3.05) is 25.6 Å². The molecular weight excluding hydrogens is 461 g/mol. The van der Waals surface area contributed by atoms with E-state index in [9.17, 15) is 8.42 Å². The van der Waals surface area contributed by atoms with E-state index in [2.05, 4.69) is 53.7 Å². The molecule has 26 heavy (non-hydrogen) atoms. The molecule has 0 aromatic heterocycles. The molecular formula is C19H34IN3O2S. The SMILES string of the molecule is CN=C(NCCCc1ccc(C(C)C)cc1)NC(C)CCS(C)(=O)=O.I. The molecule has 1 unspecified atom stereocenters. The Morgan fingerprint density at radius 3 is 2.27 bits per heavy atom. The van der Waals surface area contributed by atoms with Crippen molar-refractivity contribution in [2.45, 2.75) is 52.0 Å². The quantitative estimate of drug-likeness (QED) is 0.239. The maximum Gasteiger partial charge on any atom is 0.191 e. The second-order valence-electron chi connectivity index (χ2n) is 6.96. The lowest BCUT2D eigenvalue weighted by atomic mass is 10.0. The van der Waals surface area contributed by atoms with Crippen molar-refractivity contribution in [3.8, 4) is 0 Å². The van der Waals surface area contributed by atoms with Gasteiger partial charge in [-0.05, 0) is 43.2 Å². The third kappa shape index (κ3) is 11.0. The first-order valence-corrected chi connectivity index (χ1v) is 11.0. The topological polar surface area (TPSA) is 70.6 Å². The van der Waals surface area contributed by atoms with Gasteiger partial charge in [-0.15, -0.1) is 24.0 Å². The highest BCUT2D eigenvalue weighted by Gasteiger charge is 2.09. The molecule has 7 heteroatoms. The second kappa shape index (κ2) is 12.5. The van der Waals surface area contributed by atoms with Gasteiger partial charge >= 0.3 is 0 Å². The van der Waals surface area contributed by atoms with Gasteiger partial charge in [0.2, 0.25) is 0 Å². The van der Waals surface area contributed by atoms with Crippen LogP contribution in [-0.4, -0.2) is 46.0 Å². The molecule has 0 fully saturated rings. The Bertz CT molecular complexity index is 643. The summed E-state index contributed by atoms with van der Waals surface area (Å²) in [6.45, 7) is 7.20. The van der Waals surface area contributed by atoms with Crippen LogP contribution in [0, 0.1) is 0 Å². The Labute approximate surface area is 176 Å². The van der Waals surface area contributed by atoms with E-state index in [1.165, 1.54) is 17.4 Å². The lowest BCUT2D eigenvalue weighted by Crippen LogP contribution is -2.43. The second-order valence-corrected chi connectivity index (χ2v) is 9.22. The highest BCUT2D eigenvalue weighted by molar-refractivity contribution is 14.0. The molecule has 1 aromatic rings. The maximum atomic E-state index is 11.2. The first-order chi connectivity index (χ1) is 11.7. The minimum Gasteiger partial charge on any atom is -0.356 e. The van der Waals surface area contributed by atoms with Gasteiger partial charge in [-0.1, -0.05) is 38.1 Å². The van der Waals surface area contributed by atoms with Crippen molar-refractivity contribution in [2.24, 2.45) is 4.99 Å². The summed E-state index contributed by atoms with van der Waals surface area (Å²) in [5.74, 6) is 1.47. The molecule has 0 radical (unpaired) electrons. The van der Waals surface area contributed by atoms with Gasteiger partial charge in [0.1, 0.15) is 9.84 Å². The predicted molar refractivity (Wildman–Crippen MR) is 123 cm³/mol. The largest absolute Gasteiger partial charge is 0.356 e. The van der Waals surface area contributed by atoms with Crippen molar-refractivity contribution >= 4 is 39.8 Å². The van der Waals surface area contributed by atoms with E-state index < -0.39 is 9.84 Å². The van der Waals surface area contributed by atoms with Gasteiger partial charge in [0.25, 0.3) is 0 Å². The number of benzene rings is 1. The van der Waals surface area contributed by atoms with Crippen molar-refractivity contribution in [3.63, 3.8) is 0 Å². The molecule has 2 N–H and O–H groups in total. The summed E-state index contributed by atoms with van der Waals surface area (Å²) >= 11 is 0. The van der Waals surface area contributed by atoms with Crippen molar-refractivity contribution < 1.29 is 8.42 Å². The maximum absolute atomic E-state index is 11.2. The van der Waals surface area contributed by atoms with Gasteiger partial charge in [0.15, 0.2) is 5.96 Å². The van der Waals surface area contributed by atoms with Crippen LogP contribution in [-0.2, 0) is 16.3 Å². The van der Waals surface area contributed by atoms with Crippen LogP contribution in [0.5, 0.6) is 0 Å². The smallest absolute Gasteiger partial charge is 0.191 e. The number of guanidine groups is 1. The molecule has 0 aliphatic carbocycles. The predicted octanol–water partition coefficient (Wildman–Crippen LogP) is 3.35. The molecule has 0 bridgehead atoms. The van der Waals surface area contributed by atoms with Gasteiger partial charge in [0.05, 0.1) is 5.75 Å². The zero-order valence-corrected chi connectivity index (χ0v) is 19.7. The van der Waals surface area contributed by atoms with E-state index in [0.29, 0.717) is 12.3 Å². The van der Waals surface area contributed by atoms with Crippen molar-refractivity contribution in [1.82, 2.24) is 10.6 Å². The third-order valence-corrected chi connectivity index (χ3v) is 5.09. The molecule has 0 saturated heterocycles. The zero-order valence-electron chi connectivity index (χ0n) is 16.6. The van der Waals surface area contributed by atoms with Crippen molar-refractivity contribution in [3.05, 3.63) is 35.4 Å². The number of nitrogens with one attached hydrogen (secondary N) is 2. The molecule has 5 nitrogen and oxygen atoms in total. The number of rotatable bonds is 9. The summed E-state index contributed by atoms with van der Waals surface area (Å²) < 4.78 is 22.4. The van der Waals surface area contributed by atoms with Gasteiger partial charge in [-0.3, -0.25) is 4.99 Å². The summed E-state index contributed by atoms with van der Waals surface area (Å²) in [5.41, 5.74) is 2.71. The number of aliphatic imine (C=N–C) groups is 1. The highest BCUT2D eigenvalue weighted by atomic mass is 127. The average Bonchev–Trinajstić information content (AvgIpc) is 2.55. The number of sulfone groups is 1. The summed E-state index contributed by atoms with van der Waals surface area (Å²) in [6, 6.07) is 8.88. The number of halogens is 1. The molecule has 1 rings (SSSR count). The van der Waals surface area contributed by atoms with Crippen LogP contribution < -0.4 is 10.6 Å². The normalized spacial score (nSPS) is 13.2. The fourth-order valence-electron chi connectivity index (χ4n) is 2.46. The Kier molecular flexibility index (Phi) is 12.1. The monoisotopic (exact) mass is 495 g/mol. The molecule has 0 amide bonds. The van der Waals surface area contributed by atoms with Crippen LogP contribution in [0.15, 0.2) is 29.3 Å². The zero-order chi connectivity index (χ0) is 18.9. The molecule has 1 aromatic carbocycles. The van der Waals surface area contributed by atoms with Gasteiger partial charge < -0.3 is 10.6 Å². The van der Waals surface area contributed by atoms with Crippen LogP contribution >= 0.6 is 24.0 Å². The standard InChI is InChI=1S/C19H33N3O2S.HI/c1-15(2)18-10-8-17(9-11-18)7-6-13-21-19(20-4)22-16(3)12-14-25(5,23)24;/h8-11,15-16H,6-7,12-14H2,1-5H3,(H2,20,21,22);1H. The molecule has 1 atom stereocenters. The minimum absolute atomic E-state index is 0. The van der Waals surface area contributed by atoms with Gasteiger partial charge in [-0.2, -0.15) is 0 Å². The van der Waals surface area contributed by atoms with E-state index in [4.69, 9.17) is 0 Å². The molecule has 0 aliphatic rings. The number of nitrogens with zero attached hydrogens (tertiary/aromatic N) is 1. The Morgan fingerprint density at radius 1 is 1.15 bits per heavy atom. The Hall–Kier alpha value is -0.830. The van der Waals surface area contributed by atoms with Crippen LogP contribution in [0.4, 0.5) is 0 Å². The van der Waals surface area contributed by atoms with Gasteiger partial charge in [0, 0.05) is 25.9 Å². The number of hydrogen-bond acceptors (Lipinski definition) is 3. The van der Waals surface area contributed by atoms with Crippen LogP contribution in [0.25, 0.3) is 0 Å². The summed E-state index contributed by atoms with van der Waals surface area (Å²) in [7, 11) is -1.20. The lowest BCUT2D eigenvalue weighted by Gasteiger charge is -2.17. The first kappa shape index (κ1) is 25.2. The fourth-order valence-corrected chi connectivity index (χ4v) is 3.24. The highest BCUT2D eigenvalue weighted by Crippen LogP contribution is 2.15. The van der Waals surface area contributed by atoms with E-state index in [0.717, 1.165) is 25.3 Å². The van der Waals surface area contributed by atoms with E-state index >= 15 is 0 Å². The molecule has 0 aliphatic heterocycles. The summed E-state index contributed by atoms with van der Waals surface area (Å²) in [5, 5.41) is 6.52. The first-order valence-electron chi connectivity index (χ1n) is 8.95. The summed E-state index contributed by atoms with van der Waals surface area (Å²) in [6.07, 6.45) is 3.87. The fraction of sp³-hybridized carbons (Fsp3) is 0.632. The molecule has 150 valence electrons.